The average molecular weight is 338 g/mol. The number of hydrogen-bond acceptors (Lipinski definition) is 4. The summed E-state index contributed by atoms with van der Waals surface area (Å²) in [6.45, 7) is 0. The lowest BCUT2D eigenvalue weighted by molar-refractivity contribution is -0.184. The topological polar surface area (TPSA) is 60.4 Å². The number of rotatable bonds is 2. The first-order valence-electron chi connectivity index (χ1n) is 8.00. The number of hydrogen-bond donors (Lipinski definition) is 0. The van der Waals surface area contributed by atoms with Gasteiger partial charge in [0.05, 0.1) is 13.0 Å². The molecule has 1 aromatic rings. The molecule has 25 heavy (non-hydrogen) atoms. The van der Waals surface area contributed by atoms with Gasteiger partial charge in [0, 0.05) is 11.8 Å². The van der Waals surface area contributed by atoms with E-state index in [1.54, 1.807) is 18.2 Å². The normalized spacial score (nSPS) is 33.8. The van der Waals surface area contributed by atoms with Gasteiger partial charge in [-0.15, -0.1) is 0 Å². The molecule has 5 heteroatoms. The summed E-state index contributed by atoms with van der Waals surface area (Å²) >= 11 is 0. The Labute approximate surface area is 143 Å². The summed E-state index contributed by atoms with van der Waals surface area (Å²) in [5.41, 5.74) is 0.208. The first-order chi connectivity index (χ1) is 12.0. The number of ether oxygens (including phenoxy) is 1. The number of fused-ring (bicyclic) bond motifs is 4. The van der Waals surface area contributed by atoms with Gasteiger partial charge in [0.25, 0.3) is 0 Å². The molecule has 0 spiro atoms. The highest BCUT2D eigenvalue weighted by molar-refractivity contribution is 6.20. The molecule has 0 heterocycles. The van der Waals surface area contributed by atoms with Crippen molar-refractivity contribution in [1.29, 1.82) is 0 Å². The van der Waals surface area contributed by atoms with Crippen molar-refractivity contribution in [3.63, 3.8) is 0 Å². The molecule has 4 atom stereocenters. The third-order valence-corrected chi connectivity index (χ3v) is 5.48. The van der Waals surface area contributed by atoms with Gasteiger partial charge in [-0.2, -0.15) is 0 Å². The number of halogens is 1. The molecule has 0 amide bonds. The second-order valence-electron chi connectivity index (χ2n) is 6.54. The maximum Gasteiger partial charge on any atom is 0.321 e. The molecule has 3 aliphatic carbocycles. The van der Waals surface area contributed by atoms with Crippen LogP contribution < -0.4 is 0 Å². The molecule has 4 nitrogen and oxygen atoms in total. The molecular formula is C20H15FO4. The van der Waals surface area contributed by atoms with Gasteiger partial charge in [0.1, 0.15) is 11.2 Å². The first kappa shape index (κ1) is 15.7. The van der Waals surface area contributed by atoms with Crippen LogP contribution in [0.3, 0.4) is 0 Å². The SMILES string of the molecule is COC(=O)[C@@]12C(=O)C=CC(=O)[C@@H]1[C@H]1/C(=C\c3ccc(F)cc3)C=C[C@H]12. The van der Waals surface area contributed by atoms with Crippen molar-refractivity contribution in [2.45, 2.75) is 0 Å². The van der Waals surface area contributed by atoms with Crippen LogP contribution in [0.4, 0.5) is 4.39 Å². The zero-order chi connectivity index (χ0) is 17.8. The van der Waals surface area contributed by atoms with Crippen molar-refractivity contribution < 1.29 is 23.5 Å². The van der Waals surface area contributed by atoms with Crippen LogP contribution in [0.1, 0.15) is 5.56 Å². The van der Waals surface area contributed by atoms with Crippen LogP contribution in [0.15, 0.2) is 54.1 Å². The molecule has 1 saturated carbocycles. The van der Waals surface area contributed by atoms with Crippen molar-refractivity contribution in [2.75, 3.05) is 7.11 Å². The lowest BCUT2D eigenvalue weighted by atomic mass is 9.43. The second-order valence-corrected chi connectivity index (χ2v) is 6.54. The number of carbonyl (C=O) groups excluding carboxylic acids is 3. The van der Waals surface area contributed by atoms with Crippen LogP contribution in [0, 0.1) is 29.0 Å². The van der Waals surface area contributed by atoms with Crippen molar-refractivity contribution in [3.8, 4) is 0 Å². The third-order valence-electron chi connectivity index (χ3n) is 5.48. The largest absolute Gasteiger partial charge is 0.468 e. The van der Waals surface area contributed by atoms with E-state index in [0.29, 0.717) is 0 Å². The van der Waals surface area contributed by atoms with E-state index >= 15 is 0 Å². The van der Waals surface area contributed by atoms with Crippen molar-refractivity contribution in [1.82, 2.24) is 0 Å². The molecule has 1 aromatic carbocycles. The second kappa shape index (κ2) is 5.34. The fourth-order valence-corrected chi connectivity index (χ4v) is 4.41. The minimum Gasteiger partial charge on any atom is -0.468 e. The van der Waals surface area contributed by atoms with E-state index in [9.17, 15) is 18.8 Å². The minimum atomic E-state index is -1.44. The van der Waals surface area contributed by atoms with Gasteiger partial charge in [0.15, 0.2) is 11.6 Å². The summed E-state index contributed by atoms with van der Waals surface area (Å²) in [7, 11) is 1.23. The lowest BCUT2D eigenvalue weighted by Gasteiger charge is -2.55. The third kappa shape index (κ3) is 1.95. The van der Waals surface area contributed by atoms with E-state index in [1.165, 1.54) is 31.4 Å². The molecule has 0 N–H and O–H groups in total. The quantitative estimate of drug-likeness (QED) is 0.614. The van der Waals surface area contributed by atoms with Crippen LogP contribution in [0.2, 0.25) is 0 Å². The van der Waals surface area contributed by atoms with Gasteiger partial charge >= 0.3 is 5.97 Å². The highest BCUT2D eigenvalue weighted by Gasteiger charge is 2.73. The van der Waals surface area contributed by atoms with E-state index < -0.39 is 23.2 Å². The molecule has 0 aliphatic heterocycles. The van der Waals surface area contributed by atoms with Gasteiger partial charge in [-0.1, -0.05) is 30.4 Å². The molecule has 0 saturated heterocycles. The highest BCUT2D eigenvalue weighted by Crippen LogP contribution is 2.65. The summed E-state index contributed by atoms with van der Waals surface area (Å²) in [5.74, 6) is -2.98. The predicted octanol–water partition coefficient (Wildman–Crippen LogP) is 2.51. The van der Waals surface area contributed by atoms with E-state index in [4.69, 9.17) is 4.74 Å². The number of allylic oxidation sites excluding steroid dienone is 5. The maximum atomic E-state index is 13.1. The van der Waals surface area contributed by atoms with Gasteiger partial charge in [-0.3, -0.25) is 14.4 Å². The molecular weight excluding hydrogens is 323 g/mol. The fourth-order valence-electron chi connectivity index (χ4n) is 4.41. The molecule has 0 radical (unpaired) electrons. The Morgan fingerprint density at radius 2 is 1.88 bits per heavy atom. The Morgan fingerprint density at radius 3 is 2.56 bits per heavy atom. The minimum absolute atomic E-state index is 0.236. The maximum absolute atomic E-state index is 13.1. The molecule has 0 unspecified atom stereocenters. The molecule has 4 rings (SSSR count). The van der Waals surface area contributed by atoms with Crippen LogP contribution in [-0.4, -0.2) is 24.6 Å². The van der Waals surface area contributed by atoms with Gasteiger partial charge in [-0.05, 0) is 35.4 Å². The standard InChI is InChI=1S/C20H15FO4/c1-25-19(24)20-14-7-4-12(10-11-2-5-13(21)6-3-11)17(14)18(20)15(22)8-9-16(20)23/h2-10,14,17-18H,1H3/b12-10-/t14-,17+,18-,20+/m1/s1. The van der Waals surface area contributed by atoms with Crippen LogP contribution >= 0.6 is 0 Å². The van der Waals surface area contributed by atoms with Crippen molar-refractivity contribution >= 4 is 23.6 Å². The molecule has 1 fully saturated rings. The monoisotopic (exact) mass is 338 g/mol. The lowest BCUT2D eigenvalue weighted by Crippen LogP contribution is -2.67. The van der Waals surface area contributed by atoms with Gasteiger partial charge in [0.2, 0.25) is 0 Å². The van der Waals surface area contributed by atoms with Crippen LogP contribution in [-0.2, 0) is 19.1 Å². The zero-order valence-corrected chi connectivity index (χ0v) is 13.4. The Morgan fingerprint density at radius 1 is 1.16 bits per heavy atom. The van der Waals surface area contributed by atoms with Crippen LogP contribution in [0.25, 0.3) is 6.08 Å². The van der Waals surface area contributed by atoms with E-state index in [1.807, 2.05) is 12.2 Å². The highest BCUT2D eigenvalue weighted by atomic mass is 19.1. The van der Waals surface area contributed by atoms with Gasteiger partial charge in [-0.25, -0.2) is 4.39 Å². The number of methoxy groups -OCH3 is 1. The number of carbonyl (C=O) groups is 3. The Kier molecular flexibility index (Phi) is 3.35. The molecule has 126 valence electrons. The summed E-state index contributed by atoms with van der Waals surface area (Å²) in [5, 5.41) is 0. The molecule has 0 bridgehead atoms. The molecule has 3 aliphatic rings. The number of ketones is 2. The Bertz CT molecular complexity index is 877. The summed E-state index contributed by atoms with van der Waals surface area (Å²) in [6.07, 6.45) is 7.93. The average Bonchev–Trinajstić information content (AvgIpc) is 2.93. The Hall–Kier alpha value is -2.82. The van der Waals surface area contributed by atoms with Crippen LogP contribution in [0.5, 0.6) is 0 Å². The number of benzene rings is 1. The van der Waals surface area contributed by atoms with Crippen molar-refractivity contribution in [3.05, 3.63) is 65.5 Å². The number of esters is 1. The summed E-state index contributed by atoms with van der Waals surface area (Å²) in [6, 6.07) is 6.01. The Balaban J connectivity index is 1.76. The van der Waals surface area contributed by atoms with E-state index in [2.05, 4.69) is 0 Å². The smallest absolute Gasteiger partial charge is 0.321 e. The van der Waals surface area contributed by atoms with E-state index in [-0.39, 0.29) is 23.3 Å². The zero-order valence-electron chi connectivity index (χ0n) is 13.4. The molecule has 0 aromatic heterocycles. The van der Waals surface area contributed by atoms with Crippen molar-refractivity contribution in [2.24, 2.45) is 23.2 Å². The van der Waals surface area contributed by atoms with E-state index in [0.717, 1.165) is 11.1 Å². The predicted molar refractivity (Wildman–Crippen MR) is 87.6 cm³/mol. The fraction of sp³-hybridized carbons (Fsp3) is 0.250. The first-order valence-corrected chi connectivity index (χ1v) is 8.00. The van der Waals surface area contributed by atoms with Gasteiger partial charge < -0.3 is 4.74 Å². The summed E-state index contributed by atoms with van der Waals surface area (Å²) < 4.78 is 17.9. The summed E-state index contributed by atoms with van der Waals surface area (Å²) in [4.78, 5) is 37.4.